The zero-order valence-electron chi connectivity index (χ0n) is 12.0. The van der Waals surface area contributed by atoms with E-state index in [-0.39, 0.29) is 0 Å². The summed E-state index contributed by atoms with van der Waals surface area (Å²) in [6, 6.07) is 19.2. The van der Waals surface area contributed by atoms with E-state index in [0.29, 0.717) is 5.92 Å². The lowest BCUT2D eigenvalue weighted by Gasteiger charge is -2.21. The summed E-state index contributed by atoms with van der Waals surface area (Å²) in [4.78, 5) is 4.68. The summed E-state index contributed by atoms with van der Waals surface area (Å²) in [7, 11) is 0. The van der Waals surface area contributed by atoms with Gasteiger partial charge in [-0.15, -0.1) is 0 Å². The molecule has 100 valence electrons. The van der Waals surface area contributed by atoms with Crippen LogP contribution in [0.3, 0.4) is 0 Å². The van der Waals surface area contributed by atoms with Crippen LogP contribution in [0.4, 0.5) is 0 Å². The minimum Gasteiger partial charge on any atom is -0.260 e. The summed E-state index contributed by atoms with van der Waals surface area (Å²) < 4.78 is 0. The standard InChI is InChI=1S/C19H19N/c1-14-8-10-16(11-9-14)18-13-20-19(12-15(18)2)17-6-4-3-5-7-17/h3-11,13,15H,12H2,1-2H3. The minimum atomic E-state index is 0.505. The maximum atomic E-state index is 4.68. The van der Waals surface area contributed by atoms with E-state index in [1.165, 1.54) is 28.0 Å². The molecule has 0 amide bonds. The van der Waals surface area contributed by atoms with Crippen LogP contribution in [-0.4, -0.2) is 5.71 Å². The van der Waals surface area contributed by atoms with E-state index < -0.39 is 0 Å². The third-order valence-corrected chi connectivity index (χ3v) is 3.88. The molecule has 0 saturated carbocycles. The average Bonchev–Trinajstić information content (AvgIpc) is 2.49. The van der Waals surface area contributed by atoms with Crippen molar-refractivity contribution < 1.29 is 0 Å². The Morgan fingerprint density at radius 1 is 0.900 bits per heavy atom. The van der Waals surface area contributed by atoms with Crippen LogP contribution < -0.4 is 0 Å². The van der Waals surface area contributed by atoms with E-state index in [2.05, 4.69) is 67.4 Å². The SMILES string of the molecule is Cc1ccc(C2=CN=C(c3ccccc3)CC2C)cc1. The number of hydrogen-bond acceptors (Lipinski definition) is 1. The lowest BCUT2D eigenvalue weighted by atomic mass is 9.87. The Hall–Kier alpha value is -2.15. The second-order valence-electron chi connectivity index (χ2n) is 5.50. The van der Waals surface area contributed by atoms with Crippen LogP contribution in [0.25, 0.3) is 5.57 Å². The Morgan fingerprint density at radius 2 is 1.60 bits per heavy atom. The molecular weight excluding hydrogens is 242 g/mol. The molecule has 0 aliphatic carbocycles. The highest BCUT2D eigenvalue weighted by atomic mass is 14.7. The number of aryl methyl sites for hydroxylation is 1. The van der Waals surface area contributed by atoms with Gasteiger partial charge in [0.15, 0.2) is 0 Å². The number of hydrogen-bond donors (Lipinski definition) is 0. The fraction of sp³-hybridized carbons (Fsp3) is 0.211. The van der Waals surface area contributed by atoms with Gasteiger partial charge in [-0.2, -0.15) is 0 Å². The summed E-state index contributed by atoms with van der Waals surface area (Å²) >= 11 is 0. The Bertz CT molecular complexity index is 648. The molecule has 1 heterocycles. The molecule has 0 bridgehead atoms. The first kappa shape index (κ1) is 12.9. The van der Waals surface area contributed by atoms with Crippen molar-refractivity contribution in [1.29, 1.82) is 0 Å². The topological polar surface area (TPSA) is 12.4 Å². The van der Waals surface area contributed by atoms with Gasteiger partial charge >= 0.3 is 0 Å². The highest BCUT2D eigenvalue weighted by molar-refractivity contribution is 6.03. The van der Waals surface area contributed by atoms with Crippen LogP contribution in [0.2, 0.25) is 0 Å². The summed E-state index contributed by atoms with van der Waals surface area (Å²) in [5, 5.41) is 0. The summed E-state index contributed by atoms with van der Waals surface area (Å²) in [5.41, 5.74) is 6.35. The number of rotatable bonds is 2. The second-order valence-corrected chi connectivity index (χ2v) is 5.50. The lowest BCUT2D eigenvalue weighted by molar-refractivity contribution is 0.778. The Balaban J connectivity index is 1.93. The van der Waals surface area contributed by atoms with Crippen molar-refractivity contribution in [3.05, 3.63) is 77.5 Å². The van der Waals surface area contributed by atoms with E-state index in [1.54, 1.807) is 0 Å². The van der Waals surface area contributed by atoms with E-state index in [9.17, 15) is 0 Å². The molecule has 0 radical (unpaired) electrons. The van der Waals surface area contributed by atoms with Gasteiger partial charge in [0.05, 0.1) is 0 Å². The molecule has 1 unspecified atom stereocenters. The molecule has 0 aromatic heterocycles. The van der Waals surface area contributed by atoms with Crippen molar-refractivity contribution in [3.8, 4) is 0 Å². The van der Waals surface area contributed by atoms with Gasteiger partial charge in [-0.3, -0.25) is 4.99 Å². The van der Waals surface area contributed by atoms with Crippen molar-refractivity contribution in [1.82, 2.24) is 0 Å². The molecule has 3 rings (SSSR count). The summed E-state index contributed by atoms with van der Waals surface area (Å²) in [6.45, 7) is 4.40. The van der Waals surface area contributed by atoms with Crippen LogP contribution >= 0.6 is 0 Å². The third kappa shape index (κ3) is 2.57. The second kappa shape index (κ2) is 5.46. The van der Waals surface area contributed by atoms with Gasteiger partial charge < -0.3 is 0 Å². The molecule has 1 atom stereocenters. The Morgan fingerprint density at radius 3 is 2.25 bits per heavy atom. The first-order valence-electron chi connectivity index (χ1n) is 7.13. The van der Waals surface area contributed by atoms with Gasteiger partial charge in [0.1, 0.15) is 0 Å². The van der Waals surface area contributed by atoms with Crippen LogP contribution in [-0.2, 0) is 0 Å². The fourth-order valence-corrected chi connectivity index (χ4v) is 2.66. The lowest BCUT2D eigenvalue weighted by Crippen LogP contribution is -2.12. The number of aliphatic imine (C=N–C) groups is 1. The highest BCUT2D eigenvalue weighted by Crippen LogP contribution is 2.30. The zero-order chi connectivity index (χ0) is 13.9. The van der Waals surface area contributed by atoms with Crippen LogP contribution in [0, 0.1) is 12.8 Å². The monoisotopic (exact) mass is 261 g/mol. The largest absolute Gasteiger partial charge is 0.260 e. The molecular formula is C19H19N. The number of allylic oxidation sites excluding steroid dienone is 1. The molecule has 1 nitrogen and oxygen atoms in total. The third-order valence-electron chi connectivity index (χ3n) is 3.88. The van der Waals surface area contributed by atoms with Crippen LogP contribution in [0.5, 0.6) is 0 Å². The van der Waals surface area contributed by atoms with E-state index in [0.717, 1.165) is 6.42 Å². The van der Waals surface area contributed by atoms with E-state index >= 15 is 0 Å². The van der Waals surface area contributed by atoms with Crippen molar-refractivity contribution in [3.63, 3.8) is 0 Å². The molecule has 1 heteroatoms. The molecule has 20 heavy (non-hydrogen) atoms. The molecule has 0 fully saturated rings. The van der Waals surface area contributed by atoms with Gasteiger partial charge in [0.25, 0.3) is 0 Å². The van der Waals surface area contributed by atoms with Gasteiger partial charge in [-0.05, 0) is 36.0 Å². The maximum Gasteiger partial charge on any atom is 0.0481 e. The Labute approximate surface area is 120 Å². The zero-order valence-corrected chi connectivity index (χ0v) is 12.0. The fourth-order valence-electron chi connectivity index (χ4n) is 2.66. The maximum absolute atomic E-state index is 4.68. The van der Waals surface area contributed by atoms with Crippen molar-refractivity contribution >= 4 is 11.3 Å². The molecule has 0 N–H and O–H groups in total. The minimum absolute atomic E-state index is 0.505. The number of benzene rings is 2. The first-order chi connectivity index (χ1) is 9.74. The summed E-state index contributed by atoms with van der Waals surface area (Å²) in [5.74, 6) is 0.505. The molecule has 2 aromatic carbocycles. The van der Waals surface area contributed by atoms with E-state index in [4.69, 9.17) is 0 Å². The van der Waals surface area contributed by atoms with E-state index in [1.807, 2.05) is 12.3 Å². The molecule has 1 aliphatic heterocycles. The smallest absolute Gasteiger partial charge is 0.0481 e. The van der Waals surface area contributed by atoms with Crippen LogP contribution in [0.1, 0.15) is 30.0 Å². The van der Waals surface area contributed by atoms with Crippen molar-refractivity contribution in [2.45, 2.75) is 20.3 Å². The average molecular weight is 261 g/mol. The Kier molecular flexibility index (Phi) is 3.51. The quantitative estimate of drug-likeness (QED) is 0.731. The summed E-state index contributed by atoms with van der Waals surface area (Å²) in [6.07, 6.45) is 3.05. The van der Waals surface area contributed by atoms with Crippen LogP contribution in [0.15, 0.2) is 65.8 Å². The predicted octanol–water partition coefficient (Wildman–Crippen LogP) is 4.87. The highest BCUT2D eigenvalue weighted by Gasteiger charge is 2.18. The predicted molar refractivity (Wildman–Crippen MR) is 85.9 cm³/mol. The molecule has 0 saturated heterocycles. The van der Waals surface area contributed by atoms with Gasteiger partial charge in [-0.1, -0.05) is 67.1 Å². The first-order valence-corrected chi connectivity index (χ1v) is 7.13. The molecule has 1 aliphatic rings. The molecule has 0 spiro atoms. The van der Waals surface area contributed by atoms with Crippen molar-refractivity contribution in [2.75, 3.05) is 0 Å². The molecule has 2 aromatic rings. The van der Waals surface area contributed by atoms with Crippen molar-refractivity contribution in [2.24, 2.45) is 10.9 Å². The van der Waals surface area contributed by atoms with Gasteiger partial charge in [0, 0.05) is 11.9 Å². The van der Waals surface area contributed by atoms with Gasteiger partial charge in [0.2, 0.25) is 0 Å². The normalized spacial score (nSPS) is 18.4. The van der Waals surface area contributed by atoms with Gasteiger partial charge in [-0.25, -0.2) is 0 Å². The number of nitrogens with zero attached hydrogens (tertiary/aromatic N) is 1.